The number of amides is 3. The summed E-state index contributed by atoms with van der Waals surface area (Å²) in [6, 6.07) is 11.0. The van der Waals surface area contributed by atoms with Gasteiger partial charge in [0, 0.05) is 17.7 Å². The molecule has 0 aromatic heterocycles. The first-order valence-corrected chi connectivity index (χ1v) is 11.1. The monoisotopic (exact) mass is 479 g/mol. The van der Waals surface area contributed by atoms with Gasteiger partial charge < -0.3 is 0 Å². The van der Waals surface area contributed by atoms with Crippen molar-refractivity contribution in [2.75, 3.05) is 6.54 Å². The highest BCUT2D eigenvalue weighted by atomic mass is 35.5. The number of imide groups is 1. The predicted octanol–water partition coefficient (Wildman–Crippen LogP) is 3.30. The molecule has 0 radical (unpaired) electrons. The quantitative estimate of drug-likeness (QED) is 0.206. The number of nitrogens with zero attached hydrogens (tertiary/aromatic N) is 3. The maximum absolute atomic E-state index is 13.5. The van der Waals surface area contributed by atoms with Crippen LogP contribution >= 0.6 is 11.6 Å². The fourth-order valence-electron chi connectivity index (χ4n) is 5.13. The Bertz CT molecular complexity index is 1240. The molecule has 172 valence electrons. The summed E-state index contributed by atoms with van der Waals surface area (Å²) in [4.78, 5) is 63.6. The second kappa shape index (κ2) is 8.18. The molecule has 2 fully saturated rings. The van der Waals surface area contributed by atoms with Crippen LogP contribution < -0.4 is 0 Å². The van der Waals surface area contributed by atoms with E-state index in [-0.39, 0.29) is 33.7 Å². The number of hydrazine groups is 1. The van der Waals surface area contributed by atoms with E-state index in [2.05, 4.69) is 0 Å². The summed E-state index contributed by atoms with van der Waals surface area (Å²) in [6.07, 6.45) is 4.59. The van der Waals surface area contributed by atoms with Crippen molar-refractivity contribution in [2.45, 2.75) is 6.42 Å². The zero-order valence-electron chi connectivity index (χ0n) is 17.7. The molecule has 4 atom stereocenters. The molecule has 1 saturated heterocycles. The van der Waals surface area contributed by atoms with Crippen molar-refractivity contribution in [1.29, 1.82) is 0 Å². The molecule has 1 heterocycles. The lowest BCUT2D eigenvalue weighted by Gasteiger charge is -2.31. The Morgan fingerprint density at radius 3 is 2.15 bits per heavy atom. The topological polar surface area (TPSA) is 118 Å². The predicted molar refractivity (Wildman–Crippen MR) is 119 cm³/mol. The summed E-state index contributed by atoms with van der Waals surface area (Å²) in [7, 11) is 0. The van der Waals surface area contributed by atoms with Gasteiger partial charge in [-0.2, -0.15) is 5.01 Å². The molecule has 2 aromatic rings. The van der Waals surface area contributed by atoms with Crippen molar-refractivity contribution in [2.24, 2.45) is 23.7 Å². The molecule has 1 aliphatic heterocycles. The van der Waals surface area contributed by atoms with Gasteiger partial charge in [0.15, 0.2) is 5.78 Å². The summed E-state index contributed by atoms with van der Waals surface area (Å²) < 4.78 is 0. The first kappa shape index (κ1) is 22.0. The van der Waals surface area contributed by atoms with Gasteiger partial charge in [-0.3, -0.25) is 29.3 Å². The van der Waals surface area contributed by atoms with Crippen LogP contribution in [0.1, 0.15) is 27.1 Å². The highest BCUT2D eigenvalue weighted by molar-refractivity contribution is 6.34. The SMILES string of the molecule is O=C(CN(C(=O)c1ccccc1Cl)N1C(=O)[C@@H]2[C@@H](C1=O)[C@H]1C=C[C@H]2C1)c1ccc([N+](=O)[O-])cc1. The van der Waals surface area contributed by atoms with Crippen molar-refractivity contribution in [3.8, 4) is 0 Å². The van der Waals surface area contributed by atoms with Crippen LogP contribution in [0, 0.1) is 33.8 Å². The number of carbonyl (C=O) groups excluding carboxylic acids is 4. The number of ketones is 1. The van der Waals surface area contributed by atoms with Crippen LogP contribution in [0.15, 0.2) is 60.7 Å². The molecule has 2 bridgehead atoms. The number of Topliss-reactive ketones (excluding diaryl/α,β-unsaturated/α-hetero) is 1. The van der Waals surface area contributed by atoms with E-state index >= 15 is 0 Å². The Kier molecular flexibility index (Phi) is 5.28. The van der Waals surface area contributed by atoms with Gasteiger partial charge in [-0.15, -0.1) is 0 Å². The number of nitro benzene ring substituents is 1. The second-order valence-electron chi connectivity index (χ2n) is 8.56. The van der Waals surface area contributed by atoms with E-state index in [9.17, 15) is 29.3 Å². The molecule has 3 aliphatic rings. The van der Waals surface area contributed by atoms with Crippen molar-refractivity contribution in [1.82, 2.24) is 10.0 Å². The standard InChI is InChI=1S/C24H18ClN3O6/c25-18-4-2-1-3-17(18)22(30)26(12-19(29)13-7-9-16(10-8-13)28(33)34)27-23(31)20-14-5-6-15(11-14)21(20)24(27)32/h1-10,14-15,20-21H,11-12H2/t14-,15-,20-,21-/m0/s1. The molecule has 2 aromatic carbocycles. The van der Waals surface area contributed by atoms with E-state index in [0.29, 0.717) is 0 Å². The maximum Gasteiger partial charge on any atom is 0.274 e. The number of non-ortho nitro benzene ring substituents is 1. The van der Waals surface area contributed by atoms with Gasteiger partial charge in [0.1, 0.15) is 6.54 Å². The number of rotatable bonds is 6. The molecule has 5 rings (SSSR count). The van der Waals surface area contributed by atoms with E-state index in [1.807, 2.05) is 12.2 Å². The Morgan fingerprint density at radius 2 is 1.59 bits per heavy atom. The van der Waals surface area contributed by atoms with Crippen LogP contribution in [0.4, 0.5) is 5.69 Å². The molecule has 34 heavy (non-hydrogen) atoms. The molecular formula is C24H18ClN3O6. The van der Waals surface area contributed by atoms with Gasteiger partial charge in [0.2, 0.25) is 0 Å². The Morgan fingerprint density at radius 1 is 1.00 bits per heavy atom. The molecule has 3 amide bonds. The zero-order chi connectivity index (χ0) is 24.1. The number of hydrogen-bond acceptors (Lipinski definition) is 6. The van der Waals surface area contributed by atoms with E-state index in [1.165, 1.54) is 36.4 Å². The summed E-state index contributed by atoms with van der Waals surface area (Å²) >= 11 is 6.20. The maximum atomic E-state index is 13.5. The van der Waals surface area contributed by atoms with E-state index in [4.69, 9.17) is 11.6 Å². The lowest BCUT2D eigenvalue weighted by molar-refractivity contribution is -0.384. The van der Waals surface area contributed by atoms with Gasteiger partial charge in [0.25, 0.3) is 23.4 Å². The van der Waals surface area contributed by atoms with E-state index < -0.39 is 46.8 Å². The number of hydrogen-bond donors (Lipinski definition) is 0. The summed E-state index contributed by atoms with van der Waals surface area (Å²) in [6.45, 7) is -0.610. The van der Waals surface area contributed by atoms with Gasteiger partial charge >= 0.3 is 0 Å². The minimum Gasteiger partial charge on any atom is -0.292 e. The van der Waals surface area contributed by atoms with Crippen LogP contribution in [0.3, 0.4) is 0 Å². The smallest absolute Gasteiger partial charge is 0.274 e. The lowest BCUT2D eigenvalue weighted by Crippen LogP contribution is -2.52. The van der Waals surface area contributed by atoms with Crippen LogP contribution in [-0.2, 0) is 9.59 Å². The van der Waals surface area contributed by atoms with Crippen molar-refractivity contribution < 1.29 is 24.1 Å². The summed E-state index contributed by atoms with van der Waals surface area (Å²) in [5, 5.41) is 12.7. The summed E-state index contributed by atoms with van der Waals surface area (Å²) in [5.41, 5.74) is -0.0516. The molecule has 0 unspecified atom stereocenters. The number of nitro groups is 1. The number of fused-ring (bicyclic) bond motifs is 5. The normalized spacial score (nSPS) is 24.4. The molecule has 0 N–H and O–H groups in total. The Labute approximate surface area is 198 Å². The molecule has 0 spiro atoms. The number of allylic oxidation sites excluding steroid dienone is 2. The highest BCUT2D eigenvalue weighted by Crippen LogP contribution is 2.52. The third-order valence-corrected chi connectivity index (χ3v) is 7.05. The van der Waals surface area contributed by atoms with Crippen molar-refractivity contribution >= 4 is 40.8 Å². The average molecular weight is 480 g/mol. The van der Waals surface area contributed by atoms with E-state index in [0.717, 1.165) is 16.4 Å². The van der Waals surface area contributed by atoms with Gasteiger partial charge in [-0.1, -0.05) is 35.9 Å². The molecule has 1 saturated carbocycles. The Hall–Kier alpha value is -3.85. The lowest BCUT2D eigenvalue weighted by atomic mass is 9.85. The third kappa shape index (κ3) is 3.40. The van der Waals surface area contributed by atoms with Crippen LogP contribution in [0.2, 0.25) is 5.02 Å². The van der Waals surface area contributed by atoms with Gasteiger partial charge in [-0.25, -0.2) is 5.01 Å². The molecule has 2 aliphatic carbocycles. The number of halogens is 1. The fourth-order valence-corrected chi connectivity index (χ4v) is 5.34. The van der Waals surface area contributed by atoms with E-state index in [1.54, 1.807) is 12.1 Å². The highest BCUT2D eigenvalue weighted by Gasteiger charge is 2.61. The minimum absolute atomic E-state index is 0.0411. The molecule has 10 heteroatoms. The summed E-state index contributed by atoms with van der Waals surface area (Å²) in [5.74, 6) is -3.63. The zero-order valence-corrected chi connectivity index (χ0v) is 18.4. The number of carbonyl (C=O) groups is 4. The average Bonchev–Trinajstić information content (AvgIpc) is 3.51. The van der Waals surface area contributed by atoms with Crippen LogP contribution in [0.5, 0.6) is 0 Å². The van der Waals surface area contributed by atoms with Crippen LogP contribution in [0.25, 0.3) is 0 Å². The van der Waals surface area contributed by atoms with Gasteiger partial charge in [0.05, 0.1) is 27.3 Å². The van der Waals surface area contributed by atoms with Crippen molar-refractivity contribution in [3.05, 3.63) is 86.9 Å². The van der Waals surface area contributed by atoms with Crippen LogP contribution in [-0.4, -0.2) is 45.0 Å². The first-order chi connectivity index (χ1) is 16.3. The molecule has 9 nitrogen and oxygen atoms in total. The van der Waals surface area contributed by atoms with Crippen molar-refractivity contribution in [3.63, 3.8) is 0 Å². The fraction of sp³-hybridized carbons (Fsp3) is 0.250. The number of benzene rings is 2. The molecular weight excluding hydrogens is 462 g/mol. The first-order valence-electron chi connectivity index (χ1n) is 10.7. The second-order valence-corrected chi connectivity index (χ2v) is 8.97. The van der Waals surface area contributed by atoms with Gasteiger partial charge in [-0.05, 0) is 42.5 Å². The third-order valence-electron chi connectivity index (χ3n) is 6.72. The largest absolute Gasteiger partial charge is 0.292 e. The minimum atomic E-state index is -0.761. The Balaban J connectivity index is 1.49.